The maximum absolute atomic E-state index is 12.3. The SMILES string of the molecule is COc1cccc(CC(=O)NC2(CBr)CCCCC2)c1. The molecule has 2 rings (SSSR count). The highest BCUT2D eigenvalue weighted by atomic mass is 79.9. The third-order valence-corrected chi connectivity index (χ3v) is 5.04. The molecule has 1 aromatic carbocycles. The van der Waals surface area contributed by atoms with Crippen molar-refractivity contribution in [2.24, 2.45) is 0 Å². The average Bonchev–Trinajstić information content (AvgIpc) is 2.48. The number of hydrogen-bond donors (Lipinski definition) is 1. The Kier molecular flexibility index (Phi) is 5.46. The molecule has 1 aromatic rings. The summed E-state index contributed by atoms with van der Waals surface area (Å²) in [6.45, 7) is 0. The molecule has 0 aliphatic heterocycles. The summed E-state index contributed by atoms with van der Waals surface area (Å²) >= 11 is 3.57. The Hall–Kier alpha value is -1.03. The number of benzene rings is 1. The molecule has 1 N–H and O–H groups in total. The Morgan fingerprint density at radius 3 is 2.75 bits per heavy atom. The minimum absolute atomic E-state index is 0.0474. The Bertz CT molecular complexity index is 456. The number of halogens is 1. The summed E-state index contributed by atoms with van der Waals surface area (Å²) in [5.41, 5.74) is 0.941. The van der Waals surface area contributed by atoms with Crippen LogP contribution in [0.1, 0.15) is 37.7 Å². The number of ether oxygens (including phenoxy) is 1. The van der Waals surface area contributed by atoms with Crippen molar-refractivity contribution in [3.05, 3.63) is 29.8 Å². The lowest BCUT2D eigenvalue weighted by molar-refractivity contribution is -0.122. The van der Waals surface area contributed by atoms with Crippen LogP contribution in [0.2, 0.25) is 0 Å². The van der Waals surface area contributed by atoms with Crippen molar-refractivity contribution in [3.8, 4) is 5.75 Å². The van der Waals surface area contributed by atoms with Crippen molar-refractivity contribution in [1.29, 1.82) is 0 Å². The van der Waals surface area contributed by atoms with Crippen molar-refractivity contribution >= 4 is 21.8 Å². The van der Waals surface area contributed by atoms with E-state index in [2.05, 4.69) is 21.2 Å². The van der Waals surface area contributed by atoms with Gasteiger partial charge in [-0.3, -0.25) is 4.79 Å². The maximum atomic E-state index is 12.3. The lowest BCUT2D eigenvalue weighted by Crippen LogP contribution is -2.51. The summed E-state index contributed by atoms with van der Waals surface area (Å²) in [7, 11) is 1.64. The lowest BCUT2D eigenvalue weighted by Gasteiger charge is -2.36. The molecule has 0 heterocycles. The normalized spacial score (nSPS) is 17.5. The smallest absolute Gasteiger partial charge is 0.224 e. The molecular formula is C16H22BrNO2. The Balaban J connectivity index is 1.97. The summed E-state index contributed by atoms with van der Waals surface area (Å²) in [6.07, 6.45) is 6.23. The van der Waals surface area contributed by atoms with Gasteiger partial charge < -0.3 is 10.1 Å². The van der Waals surface area contributed by atoms with E-state index in [0.717, 1.165) is 29.5 Å². The Labute approximate surface area is 129 Å². The monoisotopic (exact) mass is 339 g/mol. The van der Waals surface area contributed by atoms with Gasteiger partial charge >= 0.3 is 0 Å². The van der Waals surface area contributed by atoms with Gasteiger partial charge in [-0.2, -0.15) is 0 Å². The van der Waals surface area contributed by atoms with Gasteiger partial charge in [0.25, 0.3) is 0 Å². The van der Waals surface area contributed by atoms with Crippen molar-refractivity contribution in [1.82, 2.24) is 5.32 Å². The van der Waals surface area contributed by atoms with Crippen LogP contribution in [0.5, 0.6) is 5.75 Å². The predicted octanol–water partition coefficient (Wildman–Crippen LogP) is 3.45. The molecule has 0 bridgehead atoms. The average molecular weight is 340 g/mol. The van der Waals surface area contributed by atoms with E-state index in [-0.39, 0.29) is 11.4 Å². The summed E-state index contributed by atoms with van der Waals surface area (Å²) in [5.74, 6) is 0.891. The Morgan fingerprint density at radius 1 is 1.35 bits per heavy atom. The second kappa shape index (κ2) is 7.11. The van der Waals surface area contributed by atoms with Crippen LogP contribution in [-0.4, -0.2) is 23.9 Å². The number of rotatable bonds is 5. The number of alkyl halides is 1. The number of nitrogens with one attached hydrogen (secondary N) is 1. The molecule has 1 aliphatic rings. The first kappa shape index (κ1) is 15.4. The molecule has 1 aliphatic carbocycles. The molecule has 4 heteroatoms. The van der Waals surface area contributed by atoms with Crippen LogP contribution >= 0.6 is 15.9 Å². The summed E-state index contributed by atoms with van der Waals surface area (Å²) in [4.78, 5) is 12.3. The van der Waals surface area contributed by atoms with Gasteiger partial charge in [-0.15, -0.1) is 0 Å². The molecule has 0 atom stereocenters. The molecule has 20 heavy (non-hydrogen) atoms. The topological polar surface area (TPSA) is 38.3 Å². The zero-order valence-electron chi connectivity index (χ0n) is 12.0. The standard InChI is InChI=1S/C16H22BrNO2/c1-20-14-7-5-6-13(10-14)11-15(19)18-16(12-17)8-3-2-4-9-16/h5-7,10H,2-4,8-9,11-12H2,1H3,(H,18,19). The first-order valence-corrected chi connectivity index (χ1v) is 8.29. The maximum Gasteiger partial charge on any atom is 0.224 e. The van der Waals surface area contributed by atoms with E-state index in [1.807, 2.05) is 24.3 Å². The van der Waals surface area contributed by atoms with E-state index in [0.29, 0.717) is 6.42 Å². The van der Waals surface area contributed by atoms with Gasteiger partial charge in [0.05, 0.1) is 13.5 Å². The van der Waals surface area contributed by atoms with Crippen LogP contribution in [-0.2, 0) is 11.2 Å². The molecular weight excluding hydrogens is 318 g/mol. The van der Waals surface area contributed by atoms with Gasteiger partial charge in [-0.05, 0) is 30.5 Å². The summed E-state index contributed by atoms with van der Waals surface area (Å²) < 4.78 is 5.19. The Morgan fingerprint density at radius 2 is 2.10 bits per heavy atom. The highest BCUT2D eigenvalue weighted by molar-refractivity contribution is 9.09. The number of hydrogen-bond acceptors (Lipinski definition) is 2. The second-order valence-electron chi connectivity index (χ2n) is 5.55. The van der Waals surface area contributed by atoms with E-state index >= 15 is 0 Å². The molecule has 0 radical (unpaired) electrons. The number of carbonyl (C=O) groups excluding carboxylic acids is 1. The molecule has 1 amide bonds. The van der Waals surface area contributed by atoms with Crippen molar-refractivity contribution in [3.63, 3.8) is 0 Å². The van der Waals surface area contributed by atoms with Crippen LogP contribution in [0.25, 0.3) is 0 Å². The fourth-order valence-corrected chi connectivity index (χ4v) is 3.53. The minimum Gasteiger partial charge on any atom is -0.497 e. The first-order chi connectivity index (χ1) is 9.67. The van der Waals surface area contributed by atoms with E-state index in [1.165, 1.54) is 19.3 Å². The van der Waals surface area contributed by atoms with E-state index in [9.17, 15) is 4.79 Å². The fourth-order valence-electron chi connectivity index (χ4n) is 2.83. The molecule has 0 unspecified atom stereocenters. The molecule has 3 nitrogen and oxygen atoms in total. The zero-order valence-corrected chi connectivity index (χ0v) is 13.5. The molecule has 1 saturated carbocycles. The third kappa shape index (κ3) is 3.98. The van der Waals surface area contributed by atoms with Crippen LogP contribution in [0.15, 0.2) is 24.3 Å². The largest absolute Gasteiger partial charge is 0.497 e. The van der Waals surface area contributed by atoms with Gasteiger partial charge in [0, 0.05) is 10.9 Å². The van der Waals surface area contributed by atoms with Crippen molar-refractivity contribution < 1.29 is 9.53 Å². The van der Waals surface area contributed by atoms with E-state index in [4.69, 9.17) is 4.74 Å². The molecule has 0 aromatic heterocycles. The highest BCUT2D eigenvalue weighted by Gasteiger charge is 2.32. The van der Waals surface area contributed by atoms with Gasteiger partial charge in [0.1, 0.15) is 5.75 Å². The number of carbonyl (C=O) groups is 1. The number of amides is 1. The molecule has 0 saturated heterocycles. The minimum atomic E-state index is -0.0474. The first-order valence-electron chi connectivity index (χ1n) is 7.17. The molecule has 0 spiro atoms. The van der Waals surface area contributed by atoms with Crippen molar-refractivity contribution in [2.75, 3.05) is 12.4 Å². The quantitative estimate of drug-likeness (QED) is 0.834. The zero-order chi connectivity index (χ0) is 14.4. The summed E-state index contributed by atoms with van der Waals surface area (Å²) in [5, 5.41) is 4.08. The van der Waals surface area contributed by atoms with E-state index < -0.39 is 0 Å². The van der Waals surface area contributed by atoms with E-state index in [1.54, 1.807) is 7.11 Å². The van der Waals surface area contributed by atoms with Crippen LogP contribution in [0.4, 0.5) is 0 Å². The van der Waals surface area contributed by atoms with Gasteiger partial charge in [0.15, 0.2) is 0 Å². The van der Waals surface area contributed by atoms with Gasteiger partial charge in [0.2, 0.25) is 5.91 Å². The second-order valence-corrected chi connectivity index (χ2v) is 6.11. The van der Waals surface area contributed by atoms with Crippen LogP contribution < -0.4 is 10.1 Å². The lowest BCUT2D eigenvalue weighted by atomic mass is 9.83. The van der Waals surface area contributed by atoms with Crippen LogP contribution in [0.3, 0.4) is 0 Å². The number of methoxy groups -OCH3 is 1. The summed E-state index contributed by atoms with van der Waals surface area (Å²) in [6, 6.07) is 7.69. The van der Waals surface area contributed by atoms with Gasteiger partial charge in [-0.25, -0.2) is 0 Å². The predicted molar refractivity (Wildman–Crippen MR) is 84.5 cm³/mol. The molecule has 1 fully saturated rings. The highest BCUT2D eigenvalue weighted by Crippen LogP contribution is 2.29. The third-order valence-electron chi connectivity index (χ3n) is 3.97. The molecule has 110 valence electrons. The van der Waals surface area contributed by atoms with Gasteiger partial charge in [-0.1, -0.05) is 47.3 Å². The van der Waals surface area contributed by atoms with Crippen molar-refractivity contribution in [2.45, 2.75) is 44.1 Å². The van der Waals surface area contributed by atoms with Crippen LogP contribution in [0, 0.1) is 0 Å². The fraction of sp³-hybridized carbons (Fsp3) is 0.562.